The van der Waals surface area contributed by atoms with Crippen LogP contribution in [0.4, 0.5) is 4.79 Å². The number of hydrogen-bond donors (Lipinski definition) is 2. The van der Waals surface area contributed by atoms with Gasteiger partial charge in [0, 0.05) is 25.2 Å². The monoisotopic (exact) mass is 254 g/mol. The van der Waals surface area contributed by atoms with Gasteiger partial charge in [0.15, 0.2) is 0 Å². The number of amides is 4. The number of rotatable bonds is 2. The summed E-state index contributed by atoms with van der Waals surface area (Å²) in [5.41, 5.74) is 0. The zero-order valence-electron chi connectivity index (χ0n) is 10.6. The van der Waals surface area contributed by atoms with Crippen LogP contribution in [0.15, 0.2) is 0 Å². The Bertz CT molecular complexity index is 358. The molecule has 0 aromatic heterocycles. The minimum absolute atomic E-state index is 0.0134. The Kier molecular flexibility index (Phi) is 3.51. The van der Waals surface area contributed by atoms with Crippen molar-refractivity contribution in [1.82, 2.24) is 20.4 Å². The Morgan fingerprint density at radius 1 is 1.28 bits per heavy atom. The maximum absolute atomic E-state index is 12.1. The van der Waals surface area contributed by atoms with Crippen molar-refractivity contribution in [3.63, 3.8) is 0 Å². The van der Waals surface area contributed by atoms with Crippen LogP contribution < -0.4 is 10.6 Å². The van der Waals surface area contributed by atoms with Crippen molar-refractivity contribution in [2.45, 2.75) is 25.9 Å². The van der Waals surface area contributed by atoms with Gasteiger partial charge in [-0.2, -0.15) is 0 Å². The SMILES string of the molecule is C[C@@H]1CN(C(=O)CN2C(=O)CNC2=O)C[C@@H](C)N1. The van der Waals surface area contributed by atoms with Crippen molar-refractivity contribution >= 4 is 17.8 Å². The van der Waals surface area contributed by atoms with Crippen LogP contribution in [0.25, 0.3) is 0 Å². The number of hydrogen-bond acceptors (Lipinski definition) is 4. The maximum atomic E-state index is 12.1. The van der Waals surface area contributed by atoms with E-state index in [4.69, 9.17) is 0 Å². The summed E-state index contributed by atoms with van der Waals surface area (Å²) in [6, 6.07) is -0.0359. The Morgan fingerprint density at radius 3 is 2.39 bits per heavy atom. The van der Waals surface area contributed by atoms with Crippen molar-refractivity contribution in [2.75, 3.05) is 26.2 Å². The van der Waals surface area contributed by atoms with Crippen LogP contribution in [0.5, 0.6) is 0 Å². The van der Waals surface area contributed by atoms with Gasteiger partial charge in [0.2, 0.25) is 5.91 Å². The zero-order chi connectivity index (χ0) is 13.3. The van der Waals surface area contributed by atoms with Gasteiger partial charge in [0.05, 0.1) is 6.54 Å². The highest BCUT2D eigenvalue weighted by molar-refractivity contribution is 6.04. The molecule has 7 nitrogen and oxygen atoms in total. The van der Waals surface area contributed by atoms with E-state index in [1.807, 2.05) is 13.8 Å². The maximum Gasteiger partial charge on any atom is 0.325 e. The molecule has 0 aromatic carbocycles. The first-order valence-electron chi connectivity index (χ1n) is 6.09. The molecule has 2 heterocycles. The van der Waals surface area contributed by atoms with Crippen LogP contribution in [0, 0.1) is 0 Å². The highest BCUT2D eigenvalue weighted by Gasteiger charge is 2.33. The largest absolute Gasteiger partial charge is 0.338 e. The quantitative estimate of drug-likeness (QED) is 0.603. The van der Waals surface area contributed by atoms with Gasteiger partial charge in [0.1, 0.15) is 6.54 Å². The molecule has 2 fully saturated rings. The second-order valence-corrected chi connectivity index (χ2v) is 4.91. The molecule has 0 radical (unpaired) electrons. The minimum Gasteiger partial charge on any atom is -0.338 e. The number of nitrogens with zero attached hydrogens (tertiary/aromatic N) is 2. The van der Waals surface area contributed by atoms with Crippen LogP contribution in [0.3, 0.4) is 0 Å². The third-order valence-electron chi connectivity index (χ3n) is 3.14. The van der Waals surface area contributed by atoms with Crippen LogP contribution in [0.2, 0.25) is 0 Å². The molecule has 7 heteroatoms. The second-order valence-electron chi connectivity index (χ2n) is 4.91. The van der Waals surface area contributed by atoms with Crippen LogP contribution in [-0.2, 0) is 9.59 Å². The van der Waals surface area contributed by atoms with Crippen molar-refractivity contribution in [3.05, 3.63) is 0 Å². The number of nitrogens with one attached hydrogen (secondary N) is 2. The first-order valence-corrected chi connectivity index (χ1v) is 6.09. The Labute approximate surface area is 105 Å². The molecule has 2 N–H and O–H groups in total. The number of urea groups is 1. The van der Waals surface area contributed by atoms with Crippen molar-refractivity contribution < 1.29 is 14.4 Å². The molecule has 2 aliphatic heterocycles. The minimum atomic E-state index is -0.482. The molecule has 0 saturated carbocycles. The molecule has 0 aromatic rings. The zero-order valence-corrected chi connectivity index (χ0v) is 10.6. The number of carbonyl (C=O) groups is 3. The summed E-state index contributed by atoms with van der Waals surface area (Å²) in [6.07, 6.45) is 0. The second kappa shape index (κ2) is 4.93. The fraction of sp³-hybridized carbons (Fsp3) is 0.727. The molecular weight excluding hydrogens is 236 g/mol. The van der Waals surface area contributed by atoms with Crippen molar-refractivity contribution in [2.24, 2.45) is 0 Å². The lowest BCUT2D eigenvalue weighted by atomic mass is 10.1. The number of imide groups is 1. The highest BCUT2D eigenvalue weighted by Crippen LogP contribution is 2.07. The molecule has 2 saturated heterocycles. The van der Waals surface area contributed by atoms with E-state index in [-0.39, 0.29) is 37.0 Å². The molecule has 100 valence electrons. The highest BCUT2D eigenvalue weighted by atomic mass is 16.2. The van der Waals surface area contributed by atoms with Crippen molar-refractivity contribution in [3.8, 4) is 0 Å². The summed E-state index contributed by atoms with van der Waals surface area (Å²) in [7, 11) is 0. The summed E-state index contributed by atoms with van der Waals surface area (Å²) < 4.78 is 0. The molecule has 2 rings (SSSR count). The smallest absolute Gasteiger partial charge is 0.325 e. The van der Waals surface area contributed by atoms with Gasteiger partial charge in [-0.05, 0) is 13.8 Å². The Morgan fingerprint density at radius 2 is 1.89 bits per heavy atom. The standard InChI is InChI=1S/C11H18N4O3/c1-7-4-14(5-8(2)13-7)10(17)6-15-9(16)3-12-11(15)18/h7-8,13H,3-6H2,1-2H3,(H,12,18)/t7-,8-/m1/s1. The summed E-state index contributed by atoms with van der Waals surface area (Å²) in [5.74, 6) is -0.523. The lowest BCUT2D eigenvalue weighted by Gasteiger charge is -2.36. The van der Waals surface area contributed by atoms with Gasteiger partial charge in [-0.3, -0.25) is 14.5 Å². The topological polar surface area (TPSA) is 81.8 Å². The Hall–Kier alpha value is -1.63. The Balaban J connectivity index is 1.95. The van der Waals surface area contributed by atoms with E-state index in [0.29, 0.717) is 13.1 Å². The molecule has 0 spiro atoms. The summed E-state index contributed by atoms with van der Waals surface area (Å²) >= 11 is 0. The predicted octanol–water partition coefficient (Wildman–Crippen LogP) is -1.25. The molecule has 4 amide bonds. The molecular formula is C11H18N4O3. The van der Waals surface area contributed by atoms with Crippen molar-refractivity contribution in [1.29, 1.82) is 0 Å². The van der Waals surface area contributed by atoms with E-state index >= 15 is 0 Å². The molecule has 18 heavy (non-hydrogen) atoms. The van der Waals surface area contributed by atoms with Crippen LogP contribution in [-0.4, -0.2) is 65.9 Å². The molecule has 0 unspecified atom stereocenters. The summed E-state index contributed by atoms with van der Waals surface area (Å²) in [4.78, 5) is 37.5. The van der Waals surface area contributed by atoms with Gasteiger partial charge in [-0.25, -0.2) is 4.79 Å². The fourth-order valence-electron chi connectivity index (χ4n) is 2.38. The average Bonchev–Trinajstić information content (AvgIpc) is 2.59. The van der Waals surface area contributed by atoms with E-state index < -0.39 is 6.03 Å². The fourth-order valence-corrected chi connectivity index (χ4v) is 2.38. The van der Waals surface area contributed by atoms with Gasteiger partial charge in [-0.1, -0.05) is 0 Å². The van der Waals surface area contributed by atoms with Gasteiger partial charge >= 0.3 is 6.03 Å². The average molecular weight is 254 g/mol. The summed E-state index contributed by atoms with van der Waals surface area (Å²) in [6.45, 7) is 5.04. The summed E-state index contributed by atoms with van der Waals surface area (Å²) in [5, 5.41) is 5.72. The first-order chi connectivity index (χ1) is 8.47. The third kappa shape index (κ3) is 2.61. The van der Waals surface area contributed by atoms with Gasteiger partial charge in [-0.15, -0.1) is 0 Å². The number of piperazine rings is 1. The predicted molar refractivity (Wildman–Crippen MR) is 63.8 cm³/mol. The lowest BCUT2D eigenvalue weighted by molar-refractivity contribution is -0.137. The first kappa shape index (κ1) is 12.8. The van der Waals surface area contributed by atoms with E-state index in [1.54, 1.807) is 4.90 Å². The lowest BCUT2D eigenvalue weighted by Crippen LogP contribution is -2.57. The molecule has 0 bridgehead atoms. The van der Waals surface area contributed by atoms with E-state index in [9.17, 15) is 14.4 Å². The van der Waals surface area contributed by atoms with Crippen LogP contribution >= 0.6 is 0 Å². The van der Waals surface area contributed by atoms with E-state index in [1.165, 1.54) is 0 Å². The normalized spacial score (nSPS) is 28.6. The van der Waals surface area contributed by atoms with E-state index in [0.717, 1.165) is 4.90 Å². The molecule has 0 aliphatic carbocycles. The molecule has 2 atom stereocenters. The molecule has 2 aliphatic rings. The number of carbonyl (C=O) groups excluding carboxylic acids is 3. The third-order valence-corrected chi connectivity index (χ3v) is 3.14. The van der Waals surface area contributed by atoms with Gasteiger partial charge in [0.25, 0.3) is 5.91 Å². The van der Waals surface area contributed by atoms with E-state index in [2.05, 4.69) is 10.6 Å². The van der Waals surface area contributed by atoms with Gasteiger partial charge < -0.3 is 15.5 Å². The van der Waals surface area contributed by atoms with Crippen LogP contribution in [0.1, 0.15) is 13.8 Å².